The van der Waals surface area contributed by atoms with Crippen LogP contribution in [0.1, 0.15) is 17.3 Å². The third-order valence-electron chi connectivity index (χ3n) is 1.52. The maximum Gasteiger partial charge on any atom is 0.340 e. The predicted molar refractivity (Wildman–Crippen MR) is 60.1 cm³/mol. The number of carbonyl (C=O) groups excluding carboxylic acids is 1. The standard InChI is InChI=1S/C9H7ClFIO2/c1-2-14-9(13)7-6(12)4-3-5(11)8(7)10/h3-4H,2H2,1H3. The summed E-state index contributed by atoms with van der Waals surface area (Å²) < 4.78 is 18.3. The van der Waals surface area contributed by atoms with E-state index in [9.17, 15) is 9.18 Å². The molecule has 1 aromatic rings. The molecule has 0 heterocycles. The zero-order valence-electron chi connectivity index (χ0n) is 7.31. The van der Waals surface area contributed by atoms with Gasteiger partial charge in [-0.3, -0.25) is 0 Å². The minimum atomic E-state index is -0.616. The van der Waals surface area contributed by atoms with Crippen molar-refractivity contribution in [2.75, 3.05) is 6.61 Å². The Balaban J connectivity index is 3.18. The monoisotopic (exact) mass is 328 g/mol. The number of halogens is 3. The van der Waals surface area contributed by atoms with Crippen LogP contribution in [-0.4, -0.2) is 12.6 Å². The van der Waals surface area contributed by atoms with Gasteiger partial charge in [-0.2, -0.15) is 0 Å². The SMILES string of the molecule is CCOC(=O)c1c(I)ccc(F)c1Cl. The first-order valence-electron chi connectivity index (χ1n) is 3.88. The van der Waals surface area contributed by atoms with Crippen LogP contribution in [0.25, 0.3) is 0 Å². The van der Waals surface area contributed by atoms with Crippen LogP contribution in [-0.2, 0) is 4.74 Å². The minimum Gasteiger partial charge on any atom is -0.462 e. The van der Waals surface area contributed by atoms with Crippen LogP contribution in [0, 0.1) is 9.39 Å². The quantitative estimate of drug-likeness (QED) is 0.473. The number of hydrogen-bond acceptors (Lipinski definition) is 2. The lowest BCUT2D eigenvalue weighted by Gasteiger charge is -2.06. The van der Waals surface area contributed by atoms with E-state index in [-0.39, 0.29) is 17.2 Å². The Labute approximate surface area is 99.5 Å². The van der Waals surface area contributed by atoms with E-state index in [1.54, 1.807) is 6.92 Å². The summed E-state index contributed by atoms with van der Waals surface area (Å²) in [6.45, 7) is 1.92. The van der Waals surface area contributed by atoms with Gasteiger partial charge in [0.15, 0.2) is 0 Å². The third-order valence-corrected chi connectivity index (χ3v) is 2.79. The molecule has 0 aliphatic heterocycles. The number of hydrogen-bond donors (Lipinski definition) is 0. The Bertz CT molecular complexity index is 368. The molecule has 0 amide bonds. The van der Waals surface area contributed by atoms with Gasteiger partial charge in [0.05, 0.1) is 17.2 Å². The van der Waals surface area contributed by atoms with E-state index in [2.05, 4.69) is 0 Å². The second-order valence-electron chi connectivity index (χ2n) is 2.44. The van der Waals surface area contributed by atoms with Crippen molar-refractivity contribution in [3.05, 3.63) is 32.1 Å². The number of rotatable bonds is 2. The van der Waals surface area contributed by atoms with Gasteiger partial charge in [-0.25, -0.2) is 9.18 Å². The van der Waals surface area contributed by atoms with Crippen LogP contribution in [0.15, 0.2) is 12.1 Å². The maximum atomic E-state index is 13.0. The third kappa shape index (κ3) is 2.36. The van der Waals surface area contributed by atoms with Crippen LogP contribution >= 0.6 is 34.2 Å². The summed E-state index contributed by atoms with van der Waals surface area (Å²) in [6.07, 6.45) is 0. The first-order valence-corrected chi connectivity index (χ1v) is 5.34. The number of ether oxygens (including phenoxy) is 1. The Morgan fingerprint density at radius 3 is 2.86 bits per heavy atom. The van der Waals surface area contributed by atoms with Crippen molar-refractivity contribution in [3.63, 3.8) is 0 Å². The van der Waals surface area contributed by atoms with Crippen molar-refractivity contribution < 1.29 is 13.9 Å². The summed E-state index contributed by atoms with van der Waals surface area (Å²) in [6, 6.07) is 2.70. The lowest BCUT2D eigenvalue weighted by molar-refractivity contribution is 0.0525. The molecule has 0 unspecified atom stereocenters. The van der Waals surface area contributed by atoms with Gasteiger partial charge in [0, 0.05) is 3.57 Å². The van der Waals surface area contributed by atoms with Crippen molar-refractivity contribution in [1.29, 1.82) is 0 Å². The molecule has 0 spiro atoms. The van der Waals surface area contributed by atoms with Crippen LogP contribution in [0.2, 0.25) is 5.02 Å². The highest BCUT2D eigenvalue weighted by molar-refractivity contribution is 14.1. The lowest BCUT2D eigenvalue weighted by atomic mass is 10.2. The molecule has 0 saturated carbocycles. The molecule has 0 saturated heterocycles. The smallest absolute Gasteiger partial charge is 0.340 e. The molecule has 0 fully saturated rings. The molecule has 14 heavy (non-hydrogen) atoms. The van der Waals surface area contributed by atoms with Crippen molar-refractivity contribution in [2.24, 2.45) is 0 Å². The Morgan fingerprint density at radius 2 is 2.29 bits per heavy atom. The zero-order chi connectivity index (χ0) is 10.7. The first-order chi connectivity index (χ1) is 6.57. The van der Waals surface area contributed by atoms with E-state index in [0.29, 0.717) is 3.57 Å². The fourth-order valence-corrected chi connectivity index (χ4v) is 1.99. The van der Waals surface area contributed by atoms with E-state index in [0.717, 1.165) is 0 Å². The lowest BCUT2D eigenvalue weighted by Crippen LogP contribution is -2.08. The Hall–Kier alpha value is -0.360. The highest BCUT2D eigenvalue weighted by atomic mass is 127. The maximum absolute atomic E-state index is 13.0. The normalized spacial score (nSPS) is 10.0. The summed E-state index contributed by atoms with van der Waals surface area (Å²) in [5.41, 5.74) is 0.0918. The van der Waals surface area contributed by atoms with Crippen LogP contribution in [0.4, 0.5) is 4.39 Å². The summed E-state index contributed by atoms with van der Waals surface area (Å²) >= 11 is 7.55. The molecule has 0 N–H and O–H groups in total. The molecule has 5 heteroatoms. The van der Waals surface area contributed by atoms with Gasteiger partial charge in [0.25, 0.3) is 0 Å². The van der Waals surface area contributed by atoms with Crippen molar-refractivity contribution >= 4 is 40.2 Å². The summed E-state index contributed by atoms with van der Waals surface area (Å²) in [5, 5.41) is -0.185. The summed E-state index contributed by atoms with van der Waals surface area (Å²) in [7, 11) is 0. The van der Waals surface area contributed by atoms with Crippen LogP contribution < -0.4 is 0 Å². The number of carbonyl (C=O) groups is 1. The molecule has 76 valence electrons. The van der Waals surface area contributed by atoms with Crippen molar-refractivity contribution in [1.82, 2.24) is 0 Å². The second kappa shape index (κ2) is 4.93. The van der Waals surface area contributed by atoms with Crippen LogP contribution in [0.5, 0.6) is 0 Å². The van der Waals surface area contributed by atoms with Crippen molar-refractivity contribution in [2.45, 2.75) is 6.92 Å². The molecule has 0 aliphatic carbocycles. The van der Waals surface area contributed by atoms with E-state index in [1.165, 1.54) is 12.1 Å². The molecular weight excluding hydrogens is 321 g/mol. The van der Waals surface area contributed by atoms with E-state index >= 15 is 0 Å². The fourth-order valence-electron chi connectivity index (χ4n) is 0.917. The van der Waals surface area contributed by atoms with Gasteiger partial charge in [-0.1, -0.05) is 11.6 Å². The van der Waals surface area contributed by atoms with Crippen molar-refractivity contribution in [3.8, 4) is 0 Å². The highest BCUT2D eigenvalue weighted by Crippen LogP contribution is 2.25. The van der Waals surface area contributed by atoms with Gasteiger partial charge in [0.1, 0.15) is 5.82 Å². The van der Waals surface area contributed by atoms with Gasteiger partial charge in [-0.15, -0.1) is 0 Å². The average Bonchev–Trinajstić information content (AvgIpc) is 2.13. The Morgan fingerprint density at radius 1 is 1.64 bits per heavy atom. The van der Waals surface area contributed by atoms with Gasteiger partial charge >= 0.3 is 5.97 Å². The predicted octanol–water partition coefficient (Wildman–Crippen LogP) is 3.26. The summed E-state index contributed by atoms with van der Waals surface area (Å²) in [5.74, 6) is -1.21. The number of benzene rings is 1. The van der Waals surface area contributed by atoms with Gasteiger partial charge in [-0.05, 0) is 41.6 Å². The topological polar surface area (TPSA) is 26.3 Å². The largest absolute Gasteiger partial charge is 0.462 e. The molecular formula is C9H7ClFIO2. The van der Waals surface area contributed by atoms with Crippen LogP contribution in [0.3, 0.4) is 0 Å². The molecule has 1 aromatic carbocycles. The zero-order valence-corrected chi connectivity index (χ0v) is 10.2. The second-order valence-corrected chi connectivity index (χ2v) is 3.98. The van der Waals surface area contributed by atoms with E-state index < -0.39 is 11.8 Å². The molecule has 0 aromatic heterocycles. The molecule has 1 rings (SSSR count). The number of esters is 1. The summed E-state index contributed by atoms with van der Waals surface area (Å²) in [4.78, 5) is 11.4. The fraction of sp³-hybridized carbons (Fsp3) is 0.222. The molecule has 0 atom stereocenters. The first kappa shape index (κ1) is 11.7. The Kier molecular flexibility index (Phi) is 4.12. The minimum absolute atomic E-state index is 0.0918. The van der Waals surface area contributed by atoms with E-state index in [1.807, 2.05) is 22.6 Å². The van der Waals surface area contributed by atoms with Gasteiger partial charge < -0.3 is 4.74 Å². The highest BCUT2D eigenvalue weighted by Gasteiger charge is 2.18. The molecule has 0 aliphatic rings. The average molecular weight is 329 g/mol. The van der Waals surface area contributed by atoms with Gasteiger partial charge in [0.2, 0.25) is 0 Å². The molecule has 0 radical (unpaired) electrons. The van der Waals surface area contributed by atoms with E-state index in [4.69, 9.17) is 16.3 Å². The molecule has 0 bridgehead atoms. The molecule has 2 nitrogen and oxygen atoms in total.